The highest BCUT2D eigenvalue weighted by atomic mass is 32.2. The van der Waals surface area contributed by atoms with Crippen molar-refractivity contribution in [2.24, 2.45) is 10.2 Å². The molecule has 1 heterocycles. The highest BCUT2D eigenvalue weighted by molar-refractivity contribution is 7.86. The Morgan fingerprint density at radius 1 is 0.630 bits per heavy atom. The zero-order valence-corrected chi connectivity index (χ0v) is 25.2. The van der Waals surface area contributed by atoms with Crippen LogP contribution in [0.1, 0.15) is 11.1 Å². The van der Waals surface area contributed by atoms with E-state index in [0.29, 0.717) is 23.1 Å². The fourth-order valence-corrected chi connectivity index (χ4v) is 5.88. The molecule has 5 aromatic rings. The van der Waals surface area contributed by atoms with E-state index in [4.69, 9.17) is 9.18 Å². The van der Waals surface area contributed by atoms with Crippen molar-refractivity contribution in [3.63, 3.8) is 0 Å². The lowest BCUT2D eigenvalue weighted by molar-refractivity contribution is -0.385. The van der Waals surface area contributed by atoms with E-state index in [1.807, 2.05) is 0 Å². The molecule has 0 bridgehead atoms. The minimum atomic E-state index is -4.89. The summed E-state index contributed by atoms with van der Waals surface area (Å²) in [6, 6.07) is 18.0. The molecule has 0 aliphatic rings. The van der Waals surface area contributed by atoms with Crippen LogP contribution in [0.5, 0.6) is 0 Å². The van der Waals surface area contributed by atoms with Crippen LogP contribution in [0.15, 0.2) is 114 Å². The standard InChI is InChI=1S/C26H19N5O12S3/c32-31(33)23-10-4-18(26(16-23)46(40,41)42)2-1-17-3-9-22(15-25(17)45(37,38)39)30-29(43-30)21-11-5-19(6-12-21)27-28-20-7-13-24(14-8-20)44(34,35)36/h1-16H,(H,34,35,36)(H,37,38,39)(H,40,41,42)/b2-1+,28-27?. The molecule has 0 unspecified atom stereocenters. The Morgan fingerprint density at radius 2 is 1.09 bits per heavy atom. The molecular formula is C26H19N5O12S3. The Bertz CT molecular complexity index is 2350. The highest BCUT2D eigenvalue weighted by Crippen LogP contribution is 2.29. The van der Waals surface area contributed by atoms with E-state index >= 15 is 0 Å². The van der Waals surface area contributed by atoms with Gasteiger partial charge in [-0.3, -0.25) is 23.8 Å². The van der Waals surface area contributed by atoms with E-state index in [1.165, 1.54) is 46.1 Å². The summed E-state index contributed by atoms with van der Waals surface area (Å²) in [6.45, 7) is 0. The predicted octanol–water partition coefficient (Wildman–Crippen LogP) is 5.10. The summed E-state index contributed by atoms with van der Waals surface area (Å²) in [5.74, 6) is 0. The van der Waals surface area contributed by atoms with E-state index in [1.54, 1.807) is 24.3 Å². The minimum Gasteiger partial charge on any atom is -0.282 e. The van der Waals surface area contributed by atoms with Crippen LogP contribution in [-0.2, 0) is 30.4 Å². The topological polar surface area (TPSA) is 254 Å². The minimum absolute atomic E-state index is 0.0818. The number of nitrogens with zero attached hydrogens (tertiary/aromatic N) is 5. The molecular weight excluding hydrogens is 671 g/mol. The normalized spacial score (nSPS) is 12.8. The van der Waals surface area contributed by atoms with Gasteiger partial charge in [-0.05, 0) is 77.9 Å². The molecule has 5 rings (SSSR count). The van der Waals surface area contributed by atoms with Crippen molar-refractivity contribution >= 4 is 59.6 Å². The molecule has 0 aliphatic carbocycles. The molecule has 46 heavy (non-hydrogen) atoms. The fraction of sp³-hybridized carbons (Fsp3) is 0. The van der Waals surface area contributed by atoms with Crippen LogP contribution in [0.25, 0.3) is 23.5 Å². The maximum atomic E-state index is 12.2. The molecule has 0 saturated heterocycles. The van der Waals surface area contributed by atoms with Crippen LogP contribution in [0.2, 0.25) is 0 Å². The summed E-state index contributed by atoms with van der Waals surface area (Å²) in [5, 5.41) is 19.1. The van der Waals surface area contributed by atoms with E-state index < -0.39 is 50.8 Å². The molecule has 1 aromatic heterocycles. The maximum absolute atomic E-state index is 12.2. The van der Waals surface area contributed by atoms with Crippen LogP contribution in [0, 0.1) is 10.1 Å². The van der Waals surface area contributed by atoms with Gasteiger partial charge in [0.25, 0.3) is 36.0 Å². The zero-order valence-electron chi connectivity index (χ0n) is 22.7. The van der Waals surface area contributed by atoms with Crippen LogP contribution >= 0.6 is 0 Å². The summed E-state index contributed by atoms with van der Waals surface area (Å²) in [4.78, 5) is 11.0. The van der Waals surface area contributed by atoms with Gasteiger partial charge in [-0.2, -0.15) is 35.5 Å². The molecule has 0 spiro atoms. The molecule has 0 radical (unpaired) electrons. The third-order valence-corrected chi connectivity index (χ3v) is 8.89. The van der Waals surface area contributed by atoms with Gasteiger partial charge in [-0.1, -0.05) is 27.9 Å². The Morgan fingerprint density at radius 3 is 1.59 bits per heavy atom. The van der Waals surface area contributed by atoms with Gasteiger partial charge in [-0.25, -0.2) is 4.63 Å². The second-order valence-corrected chi connectivity index (χ2v) is 13.5. The van der Waals surface area contributed by atoms with Gasteiger partial charge in [0, 0.05) is 12.1 Å². The Kier molecular flexibility index (Phi) is 8.33. The van der Waals surface area contributed by atoms with Crippen molar-refractivity contribution in [3.05, 3.63) is 106 Å². The largest absolute Gasteiger partial charge is 0.295 e. The van der Waals surface area contributed by atoms with Crippen molar-refractivity contribution in [3.8, 4) is 11.4 Å². The third-order valence-electron chi connectivity index (χ3n) is 6.21. The zero-order chi connectivity index (χ0) is 33.4. The van der Waals surface area contributed by atoms with E-state index in [-0.39, 0.29) is 21.7 Å². The van der Waals surface area contributed by atoms with Crippen molar-refractivity contribution in [1.29, 1.82) is 0 Å². The monoisotopic (exact) mass is 689 g/mol. The number of non-ortho nitro benzene ring substituents is 1. The molecule has 20 heteroatoms. The van der Waals surface area contributed by atoms with E-state index in [9.17, 15) is 44.5 Å². The molecule has 0 saturated carbocycles. The second kappa shape index (κ2) is 11.9. The molecule has 0 fully saturated rings. The molecule has 238 valence electrons. The number of nitro groups is 1. The van der Waals surface area contributed by atoms with Gasteiger partial charge in [0.15, 0.2) is 0 Å². The van der Waals surface area contributed by atoms with E-state index in [2.05, 4.69) is 10.2 Å². The first kappa shape index (κ1) is 32.2. The number of azo groups is 1. The lowest BCUT2D eigenvalue weighted by atomic mass is 10.1. The third kappa shape index (κ3) is 7.34. The number of nitro benzene ring substituents is 1. The Balaban J connectivity index is 1.37. The molecule has 0 aliphatic heterocycles. The maximum Gasteiger partial charge on any atom is 0.295 e. The van der Waals surface area contributed by atoms with Gasteiger partial charge in [0.2, 0.25) is 0 Å². The van der Waals surface area contributed by atoms with Gasteiger partial charge in [0.05, 0.1) is 21.2 Å². The number of benzene rings is 4. The quantitative estimate of drug-likeness (QED) is 0.0569. The summed E-state index contributed by atoms with van der Waals surface area (Å²) >= 11 is 0. The summed E-state index contributed by atoms with van der Waals surface area (Å²) in [5.41, 5.74) is 0.558. The summed E-state index contributed by atoms with van der Waals surface area (Å²) in [6.07, 6.45) is 2.24. The number of hydrogen-bond donors (Lipinski definition) is 3. The SMILES string of the molecule is O=[N+]([O-])c1ccc(/C=C/c2ccc(-n3on3-c3ccc(N=Nc4ccc(S(=O)(=O)O)cc4)cc3)cc2S(=O)(=O)O)c(S(=O)(=O)O)c1. The van der Waals surface area contributed by atoms with Crippen molar-refractivity contribution in [2.45, 2.75) is 14.7 Å². The van der Waals surface area contributed by atoms with Crippen LogP contribution in [0.3, 0.4) is 0 Å². The van der Waals surface area contributed by atoms with Crippen molar-refractivity contribution in [1.82, 2.24) is 9.71 Å². The van der Waals surface area contributed by atoms with Crippen molar-refractivity contribution in [2.75, 3.05) is 0 Å². The van der Waals surface area contributed by atoms with Gasteiger partial charge < -0.3 is 0 Å². The lowest BCUT2D eigenvalue weighted by Crippen LogP contribution is -2.03. The molecule has 3 N–H and O–H groups in total. The first-order valence-electron chi connectivity index (χ1n) is 12.4. The highest BCUT2D eigenvalue weighted by Gasteiger charge is 2.22. The molecule has 0 atom stereocenters. The first-order valence-corrected chi connectivity index (χ1v) is 16.8. The summed E-state index contributed by atoms with van der Waals surface area (Å²) in [7, 11) is -14.0. The molecule has 17 nitrogen and oxygen atoms in total. The van der Waals surface area contributed by atoms with Crippen LogP contribution in [-0.4, -0.2) is 53.5 Å². The fourth-order valence-electron chi connectivity index (χ4n) is 3.99. The average Bonchev–Trinajstić information content (AvgIpc) is 3.79. The number of rotatable bonds is 10. The molecule has 4 aromatic carbocycles. The first-order chi connectivity index (χ1) is 21.5. The number of hydrogen-bond acceptors (Lipinski definition) is 11. The van der Waals surface area contributed by atoms with E-state index in [0.717, 1.165) is 30.4 Å². The number of aromatic nitrogens is 2. The Labute approximate surface area is 259 Å². The second-order valence-electron chi connectivity index (χ2n) is 9.30. The summed E-state index contributed by atoms with van der Waals surface area (Å²) < 4.78 is 104. The van der Waals surface area contributed by atoms with Crippen molar-refractivity contribution < 1.29 is 48.5 Å². The van der Waals surface area contributed by atoms with Gasteiger partial charge >= 0.3 is 0 Å². The van der Waals surface area contributed by atoms with Gasteiger partial charge in [0.1, 0.15) is 21.2 Å². The lowest BCUT2D eigenvalue weighted by Gasteiger charge is -2.06. The molecule has 0 amide bonds. The van der Waals surface area contributed by atoms with Gasteiger partial charge in [-0.15, -0.1) is 0 Å². The Hall–Kier alpha value is -5.25. The average molecular weight is 690 g/mol. The predicted molar refractivity (Wildman–Crippen MR) is 159 cm³/mol. The van der Waals surface area contributed by atoms with Crippen LogP contribution < -0.4 is 0 Å². The smallest absolute Gasteiger partial charge is 0.282 e. The van der Waals surface area contributed by atoms with Crippen LogP contribution in [0.4, 0.5) is 17.1 Å².